The van der Waals surface area contributed by atoms with Crippen LogP contribution in [0.5, 0.6) is 0 Å². The van der Waals surface area contributed by atoms with Gasteiger partial charge in [-0.2, -0.15) is 11.8 Å². The van der Waals surface area contributed by atoms with Crippen molar-refractivity contribution in [2.75, 3.05) is 12.8 Å². The van der Waals surface area contributed by atoms with E-state index in [4.69, 9.17) is 0 Å². The van der Waals surface area contributed by atoms with Gasteiger partial charge in [0.05, 0.1) is 0 Å². The number of thioether (sulfide) groups is 1. The molecule has 0 saturated heterocycles. The number of thiophene rings is 1. The molecule has 114 valence electrons. The molecule has 0 spiro atoms. The summed E-state index contributed by atoms with van der Waals surface area (Å²) in [5.41, 5.74) is 0.285. The standard InChI is InChI=1S/C17H29NS2/c1-16(2,3)15-9-8-14(20-15)12-18-13-17(19-4)10-6-5-7-11-17/h8-9,18H,5-7,10-13H2,1-4H3. The molecule has 1 heterocycles. The van der Waals surface area contributed by atoms with E-state index in [1.54, 1.807) is 0 Å². The highest BCUT2D eigenvalue weighted by molar-refractivity contribution is 8.00. The van der Waals surface area contributed by atoms with E-state index < -0.39 is 0 Å². The van der Waals surface area contributed by atoms with E-state index in [2.05, 4.69) is 56.2 Å². The zero-order valence-corrected chi connectivity index (χ0v) is 15.1. The van der Waals surface area contributed by atoms with Crippen LogP contribution < -0.4 is 5.32 Å². The molecule has 1 N–H and O–H groups in total. The molecular weight excluding hydrogens is 282 g/mol. The Balaban J connectivity index is 1.84. The highest BCUT2D eigenvalue weighted by Crippen LogP contribution is 2.38. The topological polar surface area (TPSA) is 12.0 Å². The van der Waals surface area contributed by atoms with Crippen LogP contribution in [0, 0.1) is 0 Å². The smallest absolute Gasteiger partial charge is 0.0300 e. The fourth-order valence-corrected chi connectivity index (χ4v) is 4.92. The van der Waals surface area contributed by atoms with Crippen molar-refractivity contribution < 1.29 is 0 Å². The van der Waals surface area contributed by atoms with Gasteiger partial charge in [-0.1, -0.05) is 40.0 Å². The summed E-state index contributed by atoms with van der Waals surface area (Å²) in [6.07, 6.45) is 9.32. The minimum Gasteiger partial charge on any atom is -0.310 e. The fraction of sp³-hybridized carbons (Fsp3) is 0.765. The molecule has 0 amide bonds. The maximum Gasteiger partial charge on any atom is 0.0300 e. The lowest BCUT2D eigenvalue weighted by molar-refractivity contribution is 0.380. The normalized spacial score (nSPS) is 19.2. The lowest BCUT2D eigenvalue weighted by Crippen LogP contribution is -2.38. The summed E-state index contributed by atoms with van der Waals surface area (Å²) in [6, 6.07) is 4.59. The third kappa shape index (κ3) is 4.25. The quantitative estimate of drug-likeness (QED) is 0.802. The van der Waals surface area contributed by atoms with E-state index in [0.717, 1.165) is 13.1 Å². The Labute approximate surface area is 132 Å². The van der Waals surface area contributed by atoms with Crippen molar-refractivity contribution in [3.05, 3.63) is 21.9 Å². The van der Waals surface area contributed by atoms with Crippen LogP contribution in [-0.2, 0) is 12.0 Å². The Bertz CT molecular complexity index is 411. The van der Waals surface area contributed by atoms with Gasteiger partial charge < -0.3 is 5.32 Å². The first-order valence-electron chi connectivity index (χ1n) is 7.80. The molecule has 0 radical (unpaired) electrons. The van der Waals surface area contributed by atoms with Crippen molar-refractivity contribution in [1.29, 1.82) is 0 Å². The summed E-state index contributed by atoms with van der Waals surface area (Å²) in [7, 11) is 0. The SMILES string of the molecule is CSC1(CNCc2ccc(C(C)(C)C)s2)CCCCC1. The highest BCUT2D eigenvalue weighted by Gasteiger charge is 2.30. The van der Waals surface area contributed by atoms with Gasteiger partial charge in [-0.25, -0.2) is 0 Å². The third-order valence-electron chi connectivity index (χ3n) is 4.35. The molecule has 3 heteroatoms. The molecule has 0 aliphatic heterocycles. The van der Waals surface area contributed by atoms with Gasteiger partial charge in [0, 0.05) is 27.6 Å². The molecule has 2 rings (SSSR count). The van der Waals surface area contributed by atoms with Crippen molar-refractivity contribution in [2.24, 2.45) is 0 Å². The van der Waals surface area contributed by atoms with Crippen LogP contribution in [0.1, 0.15) is 62.6 Å². The van der Waals surface area contributed by atoms with Gasteiger partial charge in [0.15, 0.2) is 0 Å². The second kappa shape index (κ2) is 6.85. The molecule has 0 aromatic carbocycles. The van der Waals surface area contributed by atoms with Crippen LogP contribution in [-0.4, -0.2) is 17.5 Å². The summed E-state index contributed by atoms with van der Waals surface area (Å²) in [5.74, 6) is 0. The van der Waals surface area contributed by atoms with E-state index in [-0.39, 0.29) is 5.41 Å². The van der Waals surface area contributed by atoms with Crippen molar-refractivity contribution >= 4 is 23.1 Å². The van der Waals surface area contributed by atoms with Crippen LogP contribution in [0.3, 0.4) is 0 Å². The zero-order chi connectivity index (χ0) is 14.6. The van der Waals surface area contributed by atoms with E-state index in [1.165, 1.54) is 41.9 Å². The van der Waals surface area contributed by atoms with E-state index in [0.29, 0.717) is 4.75 Å². The van der Waals surface area contributed by atoms with Crippen LogP contribution >= 0.6 is 23.1 Å². The molecule has 0 unspecified atom stereocenters. The molecule has 1 aliphatic rings. The third-order valence-corrected chi connectivity index (χ3v) is 7.27. The first-order valence-corrected chi connectivity index (χ1v) is 9.84. The maximum atomic E-state index is 3.72. The van der Waals surface area contributed by atoms with Gasteiger partial charge in [0.25, 0.3) is 0 Å². The van der Waals surface area contributed by atoms with Gasteiger partial charge in [-0.15, -0.1) is 11.3 Å². The molecule has 1 nitrogen and oxygen atoms in total. The Hall–Kier alpha value is 0.01000. The van der Waals surface area contributed by atoms with Gasteiger partial charge in [0.1, 0.15) is 0 Å². The first-order chi connectivity index (χ1) is 9.45. The number of rotatable bonds is 5. The highest BCUT2D eigenvalue weighted by atomic mass is 32.2. The van der Waals surface area contributed by atoms with E-state index in [1.807, 2.05) is 11.3 Å². The van der Waals surface area contributed by atoms with Crippen molar-refractivity contribution in [3.8, 4) is 0 Å². The Kier molecular flexibility index (Phi) is 5.61. The summed E-state index contributed by atoms with van der Waals surface area (Å²) < 4.78 is 0.502. The Morgan fingerprint density at radius 1 is 1.20 bits per heavy atom. The van der Waals surface area contributed by atoms with Gasteiger partial charge in [-0.3, -0.25) is 0 Å². The molecule has 1 fully saturated rings. The Morgan fingerprint density at radius 2 is 1.90 bits per heavy atom. The molecule has 1 saturated carbocycles. The van der Waals surface area contributed by atoms with Crippen molar-refractivity contribution in [2.45, 2.75) is 69.6 Å². The van der Waals surface area contributed by atoms with Crippen molar-refractivity contribution in [1.82, 2.24) is 5.32 Å². The minimum atomic E-state index is 0.285. The van der Waals surface area contributed by atoms with E-state index >= 15 is 0 Å². The second-order valence-electron chi connectivity index (χ2n) is 7.07. The predicted octanol–water partition coefficient (Wildman–Crippen LogP) is 5.20. The van der Waals surface area contributed by atoms with Crippen LogP contribution in [0.2, 0.25) is 0 Å². The molecule has 0 atom stereocenters. The van der Waals surface area contributed by atoms with Crippen LogP contribution in [0.25, 0.3) is 0 Å². The Morgan fingerprint density at radius 3 is 2.45 bits per heavy atom. The fourth-order valence-electron chi connectivity index (χ4n) is 2.94. The average molecular weight is 312 g/mol. The maximum absolute atomic E-state index is 3.72. The number of nitrogens with one attached hydrogen (secondary N) is 1. The summed E-state index contributed by atoms with van der Waals surface area (Å²) in [6.45, 7) is 9.07. The summed E-state index contributed by atoms with van der Waals surface area (Å²) in [4.78, 5) is 2.97. The average Bonchev–Trinajstić information content (AvgIpc) is 2.89. The number of hydrogen-bond donors (Lipinski definition) is 1. The van der Waals surface area contributed by atoms with Gasteiger partial charge >= 0.3 is 0 Å². The van der Waals surface area contributed by atoms with Gasteiger partial charge in [-0.05, 0) is 36.6 Å². The summed E-state index contributed by atoms with van der Waals surface area (Å²) in [5, 5.41) is 3.72. The van der Waals surface area contributed by atoms with Crippen LogP contribution in [0.15, 0.2) is 12.1 Å². The molecule has 1 aliphatic carbocycles. The second-order valence-corrected chi connectivity index (χ2v) is 9.51. The molecule has 1 aromatic heterocycles. The summed E-state index contributed by atoms with van der Waals surface area (Å²) >= 11 is 4.04. The zero-order valence-electron chi connectivity index (χ0n) is 13.4. The molecule has 0 bridgehead atoms. The lowest BCUT2D eigenvalue weighted by atomic mass is 9.88. The first kappa shape index (κ1) is 16.4. The largest absolute Gasteiger partial charge is 0.310 e. The van der Waals surface area contributed by atoms with Gasteiger partial charge in [0.2, 0.25) is 0 Å². The van der Waals surface area contributed by atoms with E-state index in [9.17, 15) is 0 Å². The number of hydrogen-bond acceptors (Lipinski definition) is 3. The molecule has 20 heavy (non-hydrogen) atoms. The van der Waals surface area contributed by atoms with Crippen LogP contribution in [0.4, 0.5) is 0 Å². The molecule has 1 aromatic rings. The predicted molar refractivity (Wildman–Crippen MR) is 94.1 cm³/mol. The monoisotopic (exact) mass is 311 g/mol. The minimum absolute atomic E-state index is 0.285. The van der Waals surface area contributed by atoms with Crippen molar-refractivity contribution in [3.63, 3.8) is 0 Å². The molecular formula is C17H29NS2. The lowest BCUT2D eigenvalue weighted by Gasteiger charge is -2.36.